The van der Waals surface area contributed by atoms with E-state index in [1.54, 1.807) is 6.07 Å². The minimum Gasteiger partial charge on any atom is -0.397 e. The molecule has 3 heteroatoms. The molecule has 84 valence electrons. The molecule has 1 aromatic carbocycles. The number of nitrogens with one attached hydrogen (secondary N) is 1. The SMILES string of the molecule is CCCCC(C)Nc1ccc(Cl)cc1N. The molecule has 3 N–H and O–H groups in total. The first-order valence-corrected chi connectivity index (χ1v) is 5.83. The van der Waals surface area contributed by atoms with Crippen molar-refractivity contribution < 1.29 is 0 Å². The van der Waals surface area contributed by atoms with Crippen LogP contribution in [0.3, 0.4) is 0 Å². The van der Waals surface area contributed by atoms with Gasteiger partial charge in [-0.05, 0) is 31.5 Å². The monoisotopic (exact) mass is 226 g/mol. The van der Waals surface area contributed by atoms with E-state index in [4.69, 9.17) is 17.3 Å². The van der Waals surface area contributed by atoms with Gasteiger partial charge in [0, 0.05) is 11.1 Å². The molecule has 0 heterocycles. The Kier molecular flexibility index (Phi) is 4.76. The number of halogens is 1. The summed E-state index contributed by atoms with van der Waals surface area (Å²) in [5.41, 5.74) is 7.54. The van der Waals surface area contributed by atoms with Gasteiger partial charge in [-0.25, -0.2) is 0 Å². The number of nitrogens with two attached hydrogens (primary N) is 1. The average Bonchev–Trinajstić information content (AvgIpc) is 2.19. The fraction of sp³-hybridized carbons (Fsp3) is 0.500. The van der Waals surface area contributed by atoms with E-state index in [0.29, 0.717) is 16.8 Å². The lowest BCUT2D eigenvalue weighted by molar-refractivity contribution is 0.645. The van der Waals surface area contributed by atoms with Crippen LogP contribution in [0.1, 0.15) is 33.1 Å². The molecule has 0 saturated carbocycles. The van der Waals surface area contributed by atoms with Crippen molar-refractivity contribution in [2.45, 2.75) is 39.2 Å². The zero-order valence-corrected chi connectivity index (χ0v) is 10.1. The van der Waals surface area contributed by atoms with E-state index in [1.807, 2.05) is 12.1 Å². The Balaban J connectivity index is 2.56. The topological polar surface area (TPSA) is 38.0 Å². The molecule has 0 aliphatic carbocycles. The first kappa shape index (κ1) is 12.2. The third-order valence-corrected chi connectivity index (χ3v) is 2.64. The van der Waals surface area contributed by atoms with Gasteiger partial charge >= 0.3 is 0 Å². The maximum Gasteiger partial charge on any atom is 0.0577 e. The summed E-state index contributed by atoms with van der Waals surface area (Å²) in [4.78, 5) is 0. The van der Waals surface area contributed by atoms with Crippen molar-refractivity contribution >= 4 is 23.0 Å². The van der Waals surface area contributed by atoms with Crippen LogP contribution >= 0.6 is 11.6 Å². The first-order valence-electron chi connectivity index (χ1n) is 5.45. The van der Waals surface area contributed by atoms with E-state index in [2.05, 4.69) is 19.2 Å². The van der Waals surface area contributed by atoms with Crippen LogP contribution in [0, 0.1) is 0 Å². The van der Waals surface area contributed by atoms with Crippen LogP contribution in [-0.4, -0.2) is 6.04 Å². The zero-order valence-electron chi connectivity index (χ0n) is 9.39. The lowest BCUT2D eigenvalue weighted by Crippen LogP contribution is -2.15. The Labute approximate surface area is 96.8 Å². The minimum atomic E-state index is 0.452. The molecule has 0 bridgehead atoms. The van der Waals surface area contributed by atoms with Gasteiger partial charge < -0.3 is 11.1 Å². The molecule has 0 aliphatic heterocycles. The quantitative estimate of drug-likeness (QED) is 0.747. The largest absolute Gasteiger partial charge is 0.397 e. The van der Waals surface area contributed by atoms with Gasteiger partial charge in [0.25, 0.3) is 0 Å². The van der Waals surface area contributed by atoms with Crippen molar-refractivity contribution in [3.8, 4) is 0 Å². The smallest absolute Gasteiger partial charge is 0.0577 e. The number of benzene rings is 1. The summed E-state index contributed by atoms with van der Waals surface area (Å²) in [6, 6.07) is 6.01. The standard InChI is InChI=1S/C12H19ClN2/c1-3-4-5-9(2)15-12-7-6-10(13)8-11(12)14/h6-9,15H,3-5,14H2,1-2H3. The van der Waals surface area contributed by atoms with E-state index in [0.717, 1.165) is 5.69 Å². The summed E-state index contributed by atoms with van der Waals surface area (Å²) < 4.78 is 0. The number of rotatable bonds is 5. The van der Waals surface area contributed by atoms with Crippen LogP contribution in [0.5, 0.6) is 0 Å². The van der Waals surface area contributed by atoms with Gasteiger partial charge in [0.15, 0.2) is 0 Å². The highest BCUT2D eigenvalue weighted by atomic mass is 35.5. The fourth-order valence-corrected chi connectivity index (χ4v) is 1.69. The molecule has 1 atom stereocenters. The summed E-state index contributed by atoms with van der Waals surface area (Å²) >= 11 is 5.83. The summed E-state index contributed by atoms with van der Waals surface area (Å²) in [7, 11) is 0. The number of nitrogen functional groups attached to an aromatic ring is 1. The van der Waals surface area contributed by atoms with E-state index >= 15 is 0 Å². The second-order valence-electron chi connectivity index (χ2n) is 3.92. The van der Waals surface area contributed by atoms with Crippen LogP contribution in [0.25, 0.3) is 0 Å². The van der Waals surface area contributed by atoms with Gasteiger partial charge in [0.1, 0.15) is 0 Å². The maximum atomic E-state index is 5.85. The Morgan fingerprint density at radius 2 is 2.20 bits per heavy atom. The van der Waals surface area contributed by atoms with Gasteiger partial charge in [0.05, 0.1) is 11.4 Å². The predicted octanol–water partition coefficient (Wildman–Crippen LogP) is 3.91. The molecule has 1 aromatic rings. The molecular formula is C12H19ClN2. The predicted molar refractivity (Wildman–Crippen MR) is 68.5 cm³/mol. The molecule has 1 unspecified atom stereocenters. The molecule has 0 aromatic heterocycles. The molecule has 0 aliphatic rings. The van der Waals surface area contributed by atoms with Crippen molar-refractivity contribution in [3.63, 3.8) is 0 Å². The van der Waals surface area contributed by atoms with E-state index in [1.165, 1.54) is 19.3 Å². The lowest BCUT2D eigenvalue weighted by Gasteiger charge is -2.16. The molecule has 15 heavy (non-hydrogen) atoms. The summed E-state index contributed by atoms with van der Waals surface area (Å²) in [6.07, 6.45) is 3.63. The van der Waals surface area contributed by atoms with Crippen LogP contribution in [0.4, 0.5) is 11.4 Å². The second-order valence-corrected chi connectivity index (χ2v) is 4.36. The van der Waals surface area contributed by atoms with Crippen molar-refractivity contribution in [3.05, 3.63) is 23.2 Å². The normalized spacial score (nSPS) is 12.5. The molecule has 0 saturated heterocycles. The van der Waals surface area contributed by atoms with Crippen molar-refractivity contribution in [2.75, 3.05) is 11.1 Å². The lowest BCUT2D eigenvalue weighted by atomic mass is 10.1. The van der Waals surface area contributed by atoms with Gasteiger partial charge in [-0.1, -0.05) is 31.4 Å². The van der Waals surface area contributed by atoms with Crippen molar-refractivity contribution in [1.82, 2.24) is 0 Å². The Hall–Kier alpha value is -0.890. The van der Waals surface area contributed by atoms with E-state index < -0.39 is 0 Å². The Morgan fingerprint density at radius 1 is 1.47 bits per heavy atom. The fourth-order valence-electron chi connectivity index (χ4n) is 1.51. The van der Waals surface area contributed by atoms with Crippen LogP contribution in [-0.2, 0) is 0 Å². The zero-order chi connectivity index (χ0) is 11.3. The third kappa shape index (κ3) is 4.00. The second kappa shape index (κ2) is 5.86. The third-order valence-electron chi connectivity index (χ3n) is 2.41. The van der Waals surface area contributed by atoms with Crippen LogP contribution in [0.2, 0.25) is 5.02 Å². The molecular weight excluding hydrogens is 208 g/mol. The highest BCUT2D eigenvalue weighted by molar-refractivity contribution is 6.31. The highest BCUT2D eigenvalue weighted by Gasteiger charge is 2.04. The molecule has 0 fully saturated rings. The van der Waals surface area contributed by atoms with E-state index in [9.17, 15) is 0 Å². The van der Waals surface area contributed by atoms with E-state index in [-0.39, 0.29) is 0 Å². The average molecular weight is 227 g/mol. The molecule has 1 rings (SSSR count). The number of unbranched alkanes of at least 4 members (excludes halogenated alkanes) is 1. The number of hydrogen-bond acceptors (Lipinski definition) is 2. The summed E-state index contributed by atoms with van der Waals surface area (Å²) in [5.74, 6) is 0. The maximum absolute atomic E-state index is 5.85. The van der Waals surface area contributed by atoms with Crippen LogP contribution < -0.4 is 11.1 Å². The number of hydrogen-bond donors (Lipinski definition) is 2. The summed E-state index contributed by atoms with van der Waals surface area (Å²) in [5, 5.41) is 4.07. The molecule has 0 spiro atoms. The first-order chi connectivity index (χ1) is 7.13. The van der Waals surface area contributed by atoms with Crippen LogP contribution in [0.15, 0.2) is 18.2 Å². The van der Waals surface area contributed by atoms with Crippen molar-refractivity contribution in [1.29, 1.82) is 0 Å². The summed E-state index contributed by atoms with van der Waals surface area (Å²) in [6.45, 7) is 4.37. The van der Waals surface area contributed by atoms with Crippen molar-refractivity contribution in [2.24, 2.45) is 0 Å². The van der Waals surface area contributed by atoms with Gasteiger partial charge in [-0.2, -0.15) is 0 Å². The van der Waals surface area contributed by atoms with Gasteiger partial charge in [0.2, 0.25) is 0 Å². The van der Waals surface area contributed by atoms with Gasteiger partial charge in [-0.15, -0.1) is 0 Å². The van der Waals surface area contributed by atoms with Gasteiger partial charge in [-0.3, -0.25) is 0 Å². The molecule has 0 amide bonds. The Bertz CT molecular complexity index is 312. The molecule has 2 nitrogen and oxygen atoms in total. The Morgan fingerprint density at radius 3 is 2.80 bits per heavy atom. The highest BCUT2D eigenvalue weighted by Crippen LogP contribution is 2.23. The minimum absolute atomic E-state index is 0.452. The molecule has 0 radical (unpaired) electrons. The number of anilines is 2.